The van der Waals surface area contributed by atoms with Gasteiger partial charge in [-0.05, 0) is 49.6 Å². The maximum absolute atomic E-state index is 5.83. The Bertz CT molecular complexity index is 378. The predicted molar refractivity (Wildman–Crippen MR) is 78.8 cm³/mol. The van der Waals surface area contributed by atoms with Gasteiger partial charge in [0.2, 0.25) is 0 Å². The van der Waals surface area contributed by atoms with Crippen LogP contribution in [0.4, 0.5) is 11.4 Å². The second-order valence-corrected chi connectivity index (χ2v) is 6.38. The number of anilines is 2. The molecule has 94 valence electrons. The Morgan fingerprint density at radius 2 is 2.24 bits per heavy atom. The number of aryl methyl sites for hydroxylation is 1. The van der Waals surface area contributed by atoms with Crippen molar-refractivity contribution >= 4 is 23.1 Å². The standard InChI is InChI=1S/C14H22N2S/c1-3-17-13-7-6-12(9-13)16-14-8-11(15)5-4-10(14)2/h4-5,8,12-13,16H,3,6-7,9,15H2,1-2H3. The van der Waals surface area contributed by atoms with Crippen molar-refractivity contribution in [2.24, 2.45) is 0 Å². The van der Waals surface area contributed by atoms with Crippen LogP contribution in [-0.2, 0) is 0 Å². The lowest BCUT2D eigenvalue weighted by Crippen LogP contribution is -2.16. The van der Waals surface area contributed by atoms with Crippen molar-refractivity contribution in [3.63, 3.8) is 0 Å². The van der Waals surface area contributed by atoms with E-state index in [9.17, 15) is 0 Å². The molecule has 1 aliphatic rings. The number of nitrogens with one attached hydrogen (secondary N) is 1. The maximum Gasteiger partial charge on any atom is 0.0392 e. The van der Waals surface area contributed by atoms with Crippen LogP contribution in [0.25, 0.3) is 0 Å². The fourth-order valence-corrected chi connectivity index (χ4v) is 3.62. The molecule has 1 aliphatic carbocycles. The van der Waals surface area contributed by atoms with Gasteiger partial charge in [0.25, 0.3) is 0 Å². The maximum atomic E-state index is 5.83. The van der Waals surface area contributed by atoms with E-state index in [1.54, 1.807) is 0 Å². The third-order valence-corrected chi connectivity index (χ3v) is 4.64. The van der Waals surface area contributed by atoms with E-state index in [0.29, 0.717) is 6.04 Å². The van der Waals surface area contributed by atoms with Gasteiger partial charge in [-0.15, -0.1) is 0 Å². The van der Waals surface area contributed by atoms with Gasteiger partial charge in [0, 0.05) is 22.7 Å². The van der Waals surface area contributed by atoms with E-state index in [-0.39, 0.29) is 0 Å². The predicted octanol–water partition coefficient (Wildman–Crippen LogP) is 3.66. The van der Waals surface area contributed by atoms with Crippen LogP contribution >= 0.6 is 11.8 Å². The molecule has 1 aromatic carbocycles. The summed E-state index contributed by atoms with van der Waals surface area (Å²) in [6.45, 7) is 4.38. The molecule has 17 heavy (non-hydrogen) atoms. The second-order valence-electron chi connectivity index (χ2n) is 4.81. The number of hydrogen-bond donors (Lipinski definition) is 2. The smallest absolute Gasteiger partial charge is 0.0392 e. The van der Waals surface area contributed by atoms with Gasteiger partial charge < -0.3 is 11.1 Å². The monoisotopic (exact) mass is 250 g/mol. The zero-order valence-electron chi connectivity index (χ0n) is 10.7. The summed E-state index contributed by atoms with van der Waals surface area (Å²) in [5, 5.41) is 4.49. The first kappa shape index (κ1) is 12.6. The number of hydrogen-bond acceptors (Lipinski definition) is 3. The Balaban J connectivity index is 1.95. The van der Waals surface area contributed by atoms with Crippen molar-refractivity contribution in [3.05, 3.63) is 23.8 Å². The molecule has 1 saturated carbocycles. The van der Waals surface area contributed by atoms with Crippen LogP contribution in [0.1, 0.15) is 31.7 Å². The topological polar surface area (TPSA) is 38.0 Å². The summed E-state index contributed by atoms with van der Waals surface area (Å²) in [5.74, 6) is 1.23. The van der Waals surface area contributed by atoms with Gasteiger partial charge >= 0.3 is 0 Å². The Hall–Kier alpha value is -0.830. The molecule has 2 nitrogen and oxygen atoms in total. The molecule has 0 aliphatic heterocycles. The number of rotatable bonds is 4. The molecular formula is C14H22N2S. The van der Waals surface area contributed by atoms with E-state index in [2.05, 4.69) is 43.1 Å². The average molecular weight is 250 g/mol. The molecule has 0 heterocycles. The summed E-state index contributed by atoms with van der Waals surface area (Å²) in [6.07, 6.45) is 3.91. The van der Waals surface area contributed by atoms with Crippen LogP contribution in [0.2, 0.25) is 0 Å². The summed E-state index contributed by atoms with van der Waals surface area (Å²) in [4.78, 5) is 0. The lowest BCUT2D eigenvalue weighted by Gasteiger charge is -2.17. The van der Waals surface area contributed by atoms with E-state index in [0.717, 1.165) is 10.9 Å². The van der Waals surface area contributed by atoms with Crippen molar-refractivity contribution in [1.82, 2.24) is 0 Å². The highest BCUT2D eigenvalue weighted by Gasteiger charge is 2.24. The minimum absolute atomic E-state index is 0.625. The molecular weight excluding hydrogens is 228 g/mol. The lowest BCUT2D eigenvalue weighted by molar-refractivity contribution is 0.756. The van der Waals surface area contributed by atoms with Gasteiger partial charge in [0.15, 0.2) is 0 Å². The molecule has 3 heteroatoms. The van der Waals surface area contributed by atoms with Crippen LogP contribution in [-0.4, -0.2) is 17.0 Å². The number of nitrogen functional groups attached to an aromatic ring is 1. The highest BCUT2D eigenvalue weighted by atomic mass is 32.2. The SMILES string of the molecule is CCSC1CCC(Nc2cc(N)ccc2C)C1. The van der Waals surface area contributed by atoms with E-state index >= 15 is 0 Å². The first-order valence-corrected chi connectivity index (χ1v) is 7.48. The average Bonchev–Trinajstić information content (AvgIpc) is 2.72. The summed E-state index contributed by atoms with van der Waals surface area (Å²) < 4.78 is 0. The van der Waals surface area contributed by atoms with E-state index < -0.39 is 0 Å². The van der Waals surface area contributed by atoms with Crippen molar-refractivity contribution in [3.8, 4) is 0 Å². The minimum atomic E-state index is 0.625. The number of nitrogens with two attached hydrogens (primary N) is 1. The first-order chi connectivity index (χ1) is 8.19. The molecule has 3 N–H and O–H groups in total. The van der Waals surface area contributed by atoms with Crippen molar-refractivity contribution in [2.75, 3.05) is 16.8 Å². The summed E-state index contributed by atoms with van der Waals surface area (Å²) in [7, 11) is 0. The zero-order valence-corrected chi connectivity index (χ0v) is 11.5. The third kappa shape index (κ3) is 3.32. The molecule has 2 atom stereocenters. The first-order valence-electron chi connectivity index (χ1n) is 6.43. The third-order valence-electron chi connectivity index (χ3n) is 3.41. The van der Waals surface area contributed by atoms with Crippen LogP contribution in [0.15, 0.2) is 18.2 Å². The van der Waals surface area contributed by atoms with Crippen LogP contribution in [0, 0.1) is 6.92 Å². The van der Waals surface area contributed by atoms with Gasteiger partial charge in [-0.3, -0.25) is 0 Å². The molecule has 0 bridgehead atoms. The van der Waals surface area contributed by atoms with E-state index in [1.165, 1.54) is 36.3 Å². The van der Waals surface area contributed by atoms with Crippen LogP contribution < -0.4 is 11.1 Å². The highest BCUT2D eigenvalue weighted by Crippen LogP contribution is 2.32. The van der Waals surface area contributed by atoms with E-state index in [4.69, 9.17) is 5.73 Å². The Kier molecular flexibility index (Phi) is 4.21. The minimum Gasteiger partial charge on any atom is -0.399 e. The fraction of sp³-hybridized carbons (Fsp3) is 0.571. The molecule has 0 saturated heterocycles. The van der Waals surface area contributed by atoms with Gasteiger partial charge in [0.1, 0.15) is 0 Å². The molecule has 1 aromatic rings. The largest absolute Gasteiger partial charge is 0.399 e. The molecule has 0 spiro atoms. The van der Waals surface area contributed by atoms with Crippen molar-refractivity contribution in [1.29, 1.82) is 0 Å². The normalized spacial score (nSPS) is 23.9. The molecule has 1 fully saturated rings. The van der Waals surface area contributed by atoms with Crippen LogP contribution in [0.5, 0.6) is 0 Å². The molecule has 0 aromatic heterocycles. The summed E-state index contributed by atoms with van der Waals surface area (Å²) in [6, 6.07) is 6.73. The number of thioether (sulfide) groups is 1. The van der Waals surface area contributed by atoms with Crippen molar-refractivity contribution in [2.45, 2.75) is 44.4 Å². The van der Waals surface area contributed by atoms with Crippen molar-refractivity contribution < 1.29 is 0 Å². The quantitative estimate of drug-likeness (QED) is 0.801. The molecule has 2 rings (SSSR count). The van der Waals surface area contributed by atoms with Gasteiger partial charge in [-0.2, -0.15) is 11.8 Å². The van der Waals surface area contributed by atoms with Gasteiger partial charge in [-0.25, -0.2) is 0 Å². The Morgan fingerprint density at radius 1 is 1.41 bits per heavy atom. The second kappa shape index (κ2) is 5.67. The summed E-state index contributed by atoms with van der Waals surface area (Å²) in [5.41, 5.74) is 9.16. The summed E-state index contributed by atoms with van der Waals surface area (Å²) >= 11 is 2.10. The zero-order chi connectivity index (χ0) is 12.3. The van der Waals surface area contributed by atoms with Crippen LogP contribution in [0.3, 0.4) is 0 Å². The number of benzene rings is 1. The van der Waals surface area contributed by atoms with E-state index in [1.807, 2.05) is 6.07 Å². The highest BCUT2D eigenvalue weighted by molar-refractivity contribution is 7.99. The molecule has 0 amide bonds. The fourth-order valence-electron chi connectivity index (χ4n) is 2.47. The lowest BCUT2D eigenvalue weighted by atomic mass is 10.1. The van der Waals surface area contributed by atoms with Gasteiger partial charge in [0.05, 0.1) is 0 Å². The Morgan fingerprint density at radius 3 is 3.00 bits per heavy atom. The van der Waals surface area contributed by atoms with Gasteiger partial charge in [-0.1, -0.05) is 13.0 Å². The molecule has 0 radical (unpaired) electrons. The Labute approximate surface area is 108 Å². The molecule has 2 unspecified atom stereocenters.